The number of fused-ring (bicyclic) bond motifs is 1. The van der Waals surface area contributed by atoms with Crippen molar-refractivity contribution in [3.05, 3.63) is 96.0 Å². The summed E-state index contributed by atoms with van der Waals surface area (Å²) in [5, 5.41) is 21.6. The molecule has 4 rings (SSSR count). The summed E-state index contributed by atoms with van der Waals surface area (Å²) >= 11 is 3.39. The Balaban J connectivity index is 1.88. The minimum absolute atomic E-state index is 0.0157. The number of aromatic nitrogens is 4. The Morgan fingerprint density at radius 2 is 1.88 bits per heavy atom. The molecule has 0 saturated heterocycles. The molecule has 1 atom stereocenters. The first-order valence-electron chi connectivity index (χ1n) is 10.1. The molecule has 0 aliphatic heterocycles. The maximum absolute atomic E-state index is 13.5. The van der Waals surface area contributed by atoms with E-state index in [1.807, 2.05) is 24.3 Å². The van der Waals surface area contributed by atoms with Gasteiger partial charge in [-0.15, -0.1) is 0 Å². The van der Waals surface area contributed by atoms with E-state index in [0.717, 1.165) is 4.47 Å². The van der Waals surface area contributed by atoms with E-state index in [1.165, 1.54) is 4.57 Å². The lowest BCUT2D eigenvalue weighted by molar-refractivity contribution is 0.273. The van der Waals surface area contributed by atoms with Gasteiger partial charge in [-0.2, -0.15) is 5.10 Å². The van der Waals surface area contributed by atoms with E-state index in [1.54, 1.807) is 35.0 Å². The third-order valence-electron chi connectivity index (χ3n) is 5.08. The van der Waals surface area contributed by atoms with Gasteiger partial charge in [-0.25, -0.2) is 9.67 Å². The van der Waals surface area contributed by atoms with Gasteiger partial charge in [0.25, 0.3) is 5.56 Å². The highest BCUT2D eigenvalue weighted by Crippen LogP contribution is 2.22. The zero-order valence-corrected chi connectivity index (χ0v) is 19.2. The fourth-order valence-electron chi connectivity index (χ4n) is 3.54. The monoisotopic (exact) mass is 520 g/mol. The molecule has 170 valence electrons. The fraction of sp³-hybridized carbons (Fsp3) is 0.190. The van der Waals surface area contributed by atoms with Crippen LogP contribution in [0.1, 0.15) is 5.69 Å². The third-order valence-corrected chi connectivity index (χ3v) is 5.60. The molecule has 2 aromatic heterocycles. The van der Waals surface area contributed by atoms with Crippen LogP contribution in [0.3, 0.4) is 0 Å². The molecule has 0 radical (unpaired) electrons. The average Bonchev–Trinajstić information content (AvgIpc) is 3.28. The molecule has 0 bridgehead atoms. The Morgan fingerprint density at radius 1 is 1.12 bits per heavy atom. The maximum atomic E-state index is 13.5. The van der Waals surface area contributed by atoms with Crippen molar-refractivity contribution < 1.29 is 5.11 Å². The number of hydrogen-bond donors (Lipinski definition) is 1. The molecule has 34 heavy (non-hydrogen) atoms. The van der Waals surface area contributed by atoms with Crippen LogP contribution in [-0.4, -0.2) is 37.0 Å². The largest absolute Gasteiger partial charge is 0.390 e. The summed E-state index contributed by atoms with van der Waals surface area (Å²) < 4.78 is 3.87. The Bertz CT molecular complexity index is 1500. The Labute approximate surface area is 200 Å². The second kappa shape index (κ2) is 10.2. The van der Waals surface area contributed by atoms with Crippen molar-refractivity contribution in [1.82, 2.24) is 19.3 Å². The number of rotatable bonds is 8. The topological polar surface area (TPSA) is 170 Å². The average molecular weight is 521 g/mol. The molecule has 1 N–H and O–H groups in total. The van der Waals surface area contributed by atoms with Crippen LogP contribution in [0.15, 0.2) is 74.1 Å². The first-order chi connectivity index (χ1) is 16.5. The van der Waals surface area contributed by atoms with E-state index < -0.39 is 11.6 Å². The van der Waals surface area contributed by atoms with E-state index in [0.29, 0.717) is 22.4 Å². The second-order valence-corrected chi connectivity index (χ2v) is 8.12. The highest BCUT2D eigenvalue weighted by molar-refractivity contribution is 9.10. The van der Waals surface area contributed by atoms with Gasteiger partial charge in [0.1, 0.15) is 5.69 Å². The quantitative estimate of drug-likeness (QED) is 0.205. The van der Waals surface area contributed by atoms with Crippen molar-refractivity contribution in [2.45, 2.75) is 19.2 Å². The van der Waals surface area contributed by atoms with Gasteiger partial charge in [-0.1, -0.05) is 38.3 Å². The van der Waals surface area contributed by atoms with Crippen molar-refractivity contribution >= 4 is 27.0 Å². The number of halogens is 1. The van der Waals surface area contributed by atoms with Gasteiger partial charge in [-0.05, 0) is 53.5 Å². The van der Waals surface area contributed by atoms with Gasteiger partial charge in [0.15, 0.2) is 5.69 Å². The molecule has 0 fully saturated rings. The van der Waals surface area contributed by atoms with Crippen molar-refractivity contribution in [3.63, 3.8) is 0 Å². The molecule has 0 aliphatic carbocycles. The van der Waals surface area contributed by atoms with Crippen LogP contribution >= 0.6 is 15.9 Å². The Hall–Kier alpha value is -4.15. The normalized spacial score (nSPS) is 11.6. The highest BCUT2D eigenvalue weighted by atomic mass is 79.9. The summed E-state index contributed by atoms with van der Waals surface area (Å²) in [6.45, 7) is -0.417. The predicted octanol–water partition coefficient (Wildman–Crippen LogP) is 4.49. The van der Waals surface area contributed by atoms with Crippen molar-refractivity contribution in [2.24, 2.45) is 10.2 Å². The van der Waals surface area contributed by atoms with Crippen LogP contribution in [0.2, 0.25) is 0 Å². The first kappa shape index (κ1) is 23.0. The lowest BCUT2D eigenvalue weighted by atomic mass is 10.2. The molecule has 4 aromatic rings. The van der Waals surface area contributed by atoms with Crippen LogP contribution in [-0.2, 0) is 13.2 Å². The number of benzene rings is 2. The van der Waals surface area contributed by atoms with Gasteiger partial charge in [-0.3, -0.25) is 4.79 Å². The summed E-state index contributed by atoms with van der Waals surface area (Å²) in [7, 11) is 0. The molecular formula is C21H17BrN10O2. The number of aliphatic hydroxyl groups is 1. The van der Waals surface area contributed by atoms with E-state index in [9.17, 15) is 9.90 Å². The van der Waals surface area contributed by atoms with E-state index in [-0.39, 0.29) is 31.1 Å². The number of aliphatic hydroxyl groups excluding tert-OH is 1. The van der Waals surface area contributed by atoms with E-state index in [2.05, 4.69) is 46.1 Å². The molecule has 2 heterocycles. The van der Waals surface area contributed by atoms with Crippen LogP contribution in [0, 0.1) is 0 Å². The predicted molar refractivity (Wildman–Crippen MR) is 129 cm³/mol. The molecular weight excluding hydrogens is 504 g/mol. The number of hydrogen-bond acceptors (Lipinski definition) is 6. The van der Waals surface area contributed by atoms with Crippen LogP contribution in [0.4, 0.5) is 0 Å². The van der Waals surface area contributed by atoms with E-state index >= 15 is 0 Å². The zero-order chi connectivity index (χ0) is 24.1. The molecule has 0 aliphatic rings. The van der Waals surface area contributed by atoms with Crippen molar-refractivity contribution in [1.29, 1.82) is 0 Å². The SMILES string of the molecule is [N-]=[N+]=NCC(Cn1c(=O)c(-c2cc(CO)n(-c3ccc(Br)cc3)n2)nc2ccccc21)N=[N+]=[N-]. The maximum Gasteiger partial charge on any atom is 0.279 e. The van der Waals surface area contributed by atoms with Gasteiger partial charge < -0.3 is 9.67 Å². The second-order valence-electron chi connectivity index (χ2n) is 7.20. The standard InChI is InChI=1S/C21H17BrN10O2/c22-13-5-7-15(8-6-13)32-16(12-33)9-18(28-32)20-21(34)31(11-14(27-30-24)10-25-29-23)19-4-2-1-3-17(19)26-20/h1-9,14,33H,10-12H2. The first-order valence-corrected chi connectivity index (χ1v) is 10.9. The van der Waals surface area contributed by atoms with Gasteiger partial charge in [0.05, 0.1) is 35.1 Å². The zero-order valence-electron chi connectivity index (χ0n) is 17.6. The van der Waals surface area contributed by atoms with Crippen LogP contribution < -0.4 is 5.56 Å². The minimum atomic E-state index is -0.773. The minimum Gasteiger partial charge on any atom is -0.390 e. The summed E-state index contributed by atoms with van der Waals surface area (Å²) in [6.07, 6.45) is 0. The molecule has 0 amide bonds. The lowest BCUT2D eigenvalue weighted by Crippen LogP contribution is -2.29. The molecule has 0 spiro atoms. The third kappa shape index (κ3) is 4.63. The summed E-state index contributed by atoms with van der Waals surface area (Å²) in [5.41, 5.74) is 19.7. The van der Waals surface area contributed by atoms with E-state index in [4.69, 9.17) is 11.1 Å². The molecule has 13 heteroatoms. The number of para-hydroxylation sites is 2. The summed E-state index contributed by atoms with van der Waals surface area (Å²) in [6, 6.07) is 15.2. The van der Waals surface area contributed by atoms with Crippen LogP contribution in [0.25, 0.3) is 49.0 Å². The fourth-order valence-corrected chi connectivity index (χ4v) is 3.80. The molecule has 1 unspecified atom stereocenters. The molecule has 2 aromatic carbocycles. The van der Waals surface area contributed by atoms with Crippen molar-refractivity contribution in [3.8, 4) is 17.1 Å². The Morgan fingerprint density at radius 3 is 2.59 bits per heavy atom. The van der Waals surface area contributed by atoms with Gasteiger partial charge >= 0.3 is 0 Å². The summed E-state index contributed by atoms with van der Waals surface area (Å²) in [5.74, 6) is 0. The molecule has 12 nitrogen and oxygen atoms in total. The number of azide groups is 2. The summed E-state index contributed by atoms with van der Waals surface area (Å²) in [4.78, 5) is 23.6. The lowest BCUT2D eigenvalue weighted by Gasteiger charge is -2.14. The smallest absolute Gasteiger partial charge is 0.279 e. The highest BCUT2D eigenvalue weighted by Gasteiger charge is 2.19. The molecule has 0 saturated carbocycles. The van der Waals surface area contributed by atoms with Gasteiger partial charge in [0.2, 0.25) is 0 Å². The van der Waals surface area contributed by atoms with Crippen LogP contribution in [0.5, 0.6) is 0 Å². The van der Waals surface area contributed by atoms with Gasteiger partial charge in [0, 0.05) is 27.4 Å². The Kier molecular flexibility index (Phi) is 6.90. The van der Waals surface area contributed by atoms with Crippen molar-refractivity contribution in [2.75, 3.05) is 6.54 Å². The number of nitrogens with zero attached hydrogens (tertiary/aromatic N) is 10.